The van der Waals surface area contributed by atoms with Crippen LogP contribution >= 0.6 is 11.3 Å². The van der Waals surface area contributed by atoms with Crippen molar-refractivity contribution in [3.8, 4) is 6.07 Å². The van der Waals surface area contributed by atoms with Crippen molar-refractivity contribution in [1.29, 1.82) is 5.26 Å². The first-order valence-corrected chi connectivity index (χ1v) is 8.10. The molecule has 1 atom stereocenters. The van der Waals surface area contributed by atoms with Gasteiger partial charge in [0.25, 0.3) is 0 Å². The van der Waals surface area contributed by atoms with Crippen molar-refractivity contribution >= 4 is 11.3 Å². The normalized spacial score (nSPS) is 22.8. The second kappa shape index (κ2) is 5.64. The molecule has 1 saturated carbocycles. The third-order valence-corrected chi connectivity index (χ3v) is 5.88. The fraction of sp³-hybridized carbons (Fsp3) is 0.688. The molecule has 0 aromatic carbocycles. The van der Waals surface area contributed by atoms with Crippen LogP contribution in [0.25, 0.3) is 0 Å². The van der Waals surface area contributed by atoms with E-state index in [1.165, 1.54) is 19.3 Å². The Labute approximate surface area is 120 Å². The highest BCUT2D eigenvalue weighted by atomic mass is 32.1. The molecule has 19 heavy (non-hydrogen) atoms. The van der Waals surface area contributed by atoms with Crippen molar-refractivity contribution in [3.05, 3.63) is 21.9 Å². The fourth-order valence-corrected chi connectivity index (χ4v) is 4.39. The number of rotatable bonds is 2. The standard InChI is InChI=1S/C16H23NOS/c1-13-8-11-19-14(13)15(2,18)16(12-17)9-6-4-3-5-7-10-16/h8,11,18H,3-7,9-10H2,1-2H3. The van der Waals surface area contributed by atoms with Crippen LogP contribution in [0.5, 0.6) is 0 Å². The molecule has 1 unspecified atom stereocenters. The van der Waals surface area contributed by atoms with Gasteiger partial charge >= 0.3 is 0 Å². The Morgan fingerprint density at radius 2 is 1.84 bits per heavy atom. The van der Waals surface area contributed by atoms with Gasteiger partial charge in [-0.2, -0.15) is 5.26 Å². The number of nitriles is 1. The van der Waals surface area contributed by atoms with Gasteiger partial charge < -0.3 is 5.11 Å². The molecule has 0 radical (unpaired) electrons. The molecule has 0 spiro atoms. The van der Waals surface area contributed by atoms with Crippen LogP contribution in [0.15, 0.2) is 11.4 Å². The lowest BCUT2D eigenvalue weighted by Gasteiger charge is -2.41. The average molecular weight is 277 g/mol. The molecule has 1 aliphatic rings. The Morgan fingerprint density at radius 3 is 2.32 bits per heavy atom. The number of aryl methyl sites for hydroxylation is 1. The Balaban J connectivity index is 2.38. The number of aliphatic hydroxyl groups is 1. The highest BCUT2D eigenvalue weighted by molar-refractivity contribution is 7.10. The summed E-state index contributed by atoms with van der Waals surface area (Å²) in [5, 5.41) is 22.9. The molecule has 2 rings (SSSR count). The Morgan fingerprint density at radius 1 is 1.26 bits per heavy atom. The highest BCUT2D eigenvalue weighted by Crippen LogP contribution is 2.50. The van der Waals surface area contributed by atoms with Crippen LogP contribution in [0.1, 0.15) is 62.3 Å². The maximum absolute atomic E-state index is 11.1. The zero-order chi connectivity index (χ0) is 13.9. The second-order valence-corrected chi connectivity index (χ2v) is 6.88. The SMILES string of the molecule is Cc1ccsc1C(C)(O)C1(C#N)CCCCCCC1. The van der Waals surface area contributed by atoms with Gasteiger partial charge in [-0.25, -0.2) is 0 Å². The maximum atomic E-state index is 11.1. The monoisotopic (exact) mass is 277 g/mol. The van der Waals surface area contributed by atoms with Crippen LogP contribution in [-0.4, -0.2) is 5.11 Å². The van der Waals surface area contributed by atoms with Gasteiger partial charge in [0, 0.05) is 4.88 Å². The van der Waals surface area contributed by atoms with Crippen molar-refractivity contribution in [2.24, 2.45) is 5.41 Å². The molecule has 0 amide bonds. The highest BCUT2D eigenvalue weighted by Gasteiger charge is 2.49. The number of hydrogen-bond acceptors (Lipinski definition) is 3. The zero-order valence-corrected chi connectivity index (χ0v) is 12.7. The van der Waals surface area contributed by atoms with E-state index in [0.717, 1.165) is 36.1 Å². The van der Waals surface area contributed by atoms with Gasteiger partial charge in [0.2, 0.25) is 0 Å². The van der Waals surface area contributed by atoms with Crippen molar-refractivity contribution in [2.45, 2.75) is 64.4 Å². The minimum Gasteiger partial charge on any atom is -0.383 e. The van der Waals surface area contributed by atoms with Crippen LogP contribution in [0.2, 0.25) is 0 Å². The molecule has 1 aliphatic carbocycles. The molecular weight excluding hydrogens is 254 g/mol. The Kier molecular flexibility index (Phi) is 4.32. The Bertz CT molecular complexity index is 461. The molecule has 1 aromatic rings. The lowest BCUT2D eigenvalue weighted by Crippen LogP contribution is -2.43. The number of nitrogens with zero attached hydrogens (tertiary/aromatic N) is 1. The van der Waals surface area contributed by atoms with Crippen molar-refractivity contribution in [3.63, 3.8) is 0 Å². The molecular formula is C16H23NOS. The molecule has 3 heteroatoms. The van der Waals surface area contributed by atoms with E-state index in [0.29, 0.717) is 0 Å². The zero-order valence-electron chi connectivity index (χ0n) is 11.9. The molecule has 104 valence electrons. The van der Waals surface area contributed by atoms with E-state index in [9.17, 15) is 10.4 Å². The summed E-state index contributed by atoms with van der Waals surface area (Å²) in [6, 6.07) is 4.53. The quantitative estimate of drug-likeness (QED) is 0.863. The van der Waals surface area contributed by atoms with E-state index in [4.69, 9.17) is 0 Å². The molecule has 1 aromatic heterocycles. The lowest BCUT2D eigenvalue weighted by molar-refractivity contribution is -0.0556. The van der Waals surface area contributed by atoms with Gasteiger partial charge in [-0.05, 0) is 43.7 Å². The first-order valence-electron chi connectivity index (χ1n) is 7.22. The van der Waals surface area contributed by atoms with Crippen molar-refractivity contribution < 1.29 is 5.11 Å². The van der Waals surface area contributed by atoms with Gasteiger partial charge in [-0.1, -0.05) is 32.1 Å². The van der Waals surface area contributed by atoms with E-state index in [2.05, 4.69) is 6.07 Å². The summed E-state index contributed by atoms with van der Waals surface area (Å²) in [6.45, 7) is 3.87. The molecule has 0 bridgehead atoms. The van der Waals surface area contributed by atoms with Crippen LogP contribution in [0.4, 0.5) is 0 Å². The molecule has 0 saturated heterocycles. The number of hydrogen-bond donors (Lipinski definition) is 1. The summed E-state index contributed by atoms with van der Waals surface area (Å²) in [7, 11) is 0. The molecule has 1 N–H and O–H groups in total. The van der Waals surface area contributed by atoms with Crippen LogP contribution in [0, 0.1) is 23.7 Å². The third-order valence-electron chi connectivity index (χ3n) is 4.66. The predicted octanol–water partition coefficient (Wildman–Crippen LogP) is 4.52. The third kappa shape index (κ3) is 2.57. The summed E-state index contributed by atoms with van der Waals surface area (Å²) in [6.07, 6.45) is 7.36. The van der Waals surface area contributed by atoms with Crippen LogP contribution < -0.4 is 0 Å². The van der Waals surface area contributed by atoms with Crippen LogP contribution in [0.3, 0.4) is 0 Å². The van der Waals surface area contributed by atoms with E-state index in [-0.39, 0.29) is 0 Å². The average Bonchev–Trinajstić information content (AvgIpc) is 2.76. The fourth-order valence-electron chi connectivity index (χ4n) is 3.31. The van der Waals surface area contributed by atoms with E-state index >= 15 is 0 Å². The van der Waals surface area contributed by atoms with Gasteiger partial charge in [-0.15, -0.1) is 11.3 Å². The number of thiophene rings is 1. The smallest absolute Gasteiger partial charge is 0.115 e. The van der Waals surface area contributed by atoms with E-state index in [1.807, 2.05) is 25.3 Å². The van der Waals surface area contributed by atoms with Crippen molar-refractivity contribution in [2.75, 3.05) is 0 Å². The molecule has 1 fully saturated rings. The van der Waals surface area contributed by atoms with E-state index < -0.39 is 11.0 Å². The van der Waals surface area contributed by atoms with Gasteiger partial charge in [0.1, 0.15) is 5.60 Å². The van der Waals surface area contributed by atoms with E-state index in [1.54, 1.807) is 11.3 Å². The summed E-state index contributed by atoms with van der Waals surface area (Å²) >= 11 is 1.57. The summed E-state index contributed by atoms with van der Waals surface area (Å²) in [5.74, 6) is 0. The second-order valence-electron chi connectivity index (χ2n) is 5.97. The largest absolute Gasteiger partial charge is 0.383 e. The summed E-state index contributed by atoms with van der Waals surface area (Å²) in [5.41, 5.74) is -0.549. The Hall–Kier alpha value is -0.850. The first kappa shape index (κ1) is 14.6. The minimum atomic E-state index is -1.03. The van der Waals surface area contributed by atoms with Crippen molar-refractivity contribution in [1.82, 2.24) is 0 Å². The summed E-state index contributed by atoms with van der Waals surface area (Å²) in [4.78, 5) is 0.967. The van der Waals surface area contributed by atoms with Gasteiger partial charge in [-0.3, -0.25) is 0 Å². The van der Waals surface area contributed by atoms with Gasteiger partial charge in [0.15, 0.2) is 0 Å². The minimum absolute atomic E-state index is 0.622. The summed E-state index contributed by atoms with van der Waals surface area (Å²) < 4.78 is 0. The molecule has 1 heterocycles. The lowest BCUT2D eigenvalue weighted by atomic mass is 9.65. The maximum Gasteiger partial charge on any atom is 0.115 e. The first-order chi connectivity index (χ1) is 9.03. The molecule has 2 nitrogen and oxygen atoms in total. The predicted molar refractivity (Wildman–Crippen MR) is 79.0 cm³/mol. The topological polar surface area (TPSA) is 44.0 Å². The van der Waals surface area contributed by atoms with Gasteiger partial charge in [0.05, 0.1) is 11.5 Å². The van der Waals surface area contributed by atoms with Crippen LogP contribution in [-0.2, 0) is 5.60 Å². The molecule has 0 aliphatic heterocycles.